The van der Waals surface area contributed by atoms with Gasteiger partial charge in [-0.1, -0.05) is 19.8 Å². The van der Waals surface area contributed by atoms with Gasteiger partial charge in [-0.25, -0.2) is 9.97 Å². The highest BCUT2D eigenvalue weighted by Gasteiger charge is 2.18. The molecule has 0 amide bonds. The molecular weight excluding hydrogens is 360 g/mol. The van der Waals surface area contributed by atoms with E-state index in [0.717, 1.165) is 30.5 Å². The van der Waals surface area contributed by atoms with Crippen LogP contribution in [0.1, 0.15) is 44.6 Å². The van der Waals surface area contributed by atoms with E-state index >= 15 is 0 Å². The molecule has 0 saturated carbocycles. The molecule has 6 nitrogen and oxygen atoms in total. The first-order valence-corrected chi connectivity index (χ1v) is 9.93. The smallest absolute Gasteiger partial charge is 0.226 e. The average molecular weight is 387 g/mol. The number of nitrogens with one attached hydrogen (secondary N) is 2. The summed E-state index contributed by atoms with van der Waals surface area (Å²) in [6.45, 7) is 4.25. The summed E-state index contributed by atoms with van der Waals surface area (Å²) in [4.78, 5) is 11.0. The fourth-order valence-electron chi connectivity index (χ4n) is 3.65. The Morgan fingerprint density at radius 1 is 1.30 bits per heavy atom. The molecule has 1 unspecified atom stereocenters. The molecular formula is C20H27ClN6. The van der Waals surface area contributed by atoms with E-state index < -0.39 is 0 Å². The van der Waals surface area contributed by atoms with Crippen molar-refractivity contribution in [3.05, 3.63) is 35.1 Å². The van der Waals surface area contributed by atoms with Crippen molar-refractivity contribution in [2.45, 2.75) is 39.0 Å². The molecule has 1 atom stereocenters. The van der Waals surface area contributed by atoms with Gasteiger partial charge in [0.15, 0.2) is 0 Å². The molecule has 1 aliphatic heterocycles. The third-order valence-corrected chi connectivity index (χ3v) is 5.24. The van der Waals surface area contributed by atoms with Crippen molar-refractivity contribution in [2.24, 2.45) is 5.92 Å². The minimum atomic E-state index is 0.229. The van der Waals surface area contributed by atoms with Crippen molar-refractivity contribution in [1.82, 2.24) is 9.97 Å². The van der Waals surface area contributed by atoms with Crippen LogP contribution in [-0.2, 0) is 0 Å². The summed E-state index contributed by atoms with van der Waals surface area (Å²) in [7, 11) is 0. The van der Waals surface area contributed by atoms with Crippen molar-refractivity contribution >= 4 is 40.8 Å². The van der Waals surface area contributed by atoms with E-state index in [4.69, 9.17) is 22.7 Å². The van der Waals surface area contributed by atoms with E-state index in [0.29, 0.717) is 17.1 Å². The standard InChI is InChI=1S/C20H27ClN6/c1-2-4-14-5-3-9-27(10-8-14)19-12-18(25-20(21)26-19)24-16-6-7-17(23)15(11-16)13-22/h6-7,11-14,22H,2-5,8-10,23H2,1H3,(H,24,25,26). The first-order valence-electron chi connectivity index (χ1n) is 9.55. The minimum Gasteiger partial charge on any atom is -0.398 e. The number of aromatic nitrogens is 2. The van der Waals surface area contributed by atoms with Crippen molar-refractivity contribution in [3.8, 4) is 0 Å². The summed E-state index contributed by atoms with van der Waals surface area (Å²) in [5, 5.41) is 10.9. The van der Waals surface area contributed by atoms with Crippen LogP contribution in [0.2, 0.25) is 5.28 Å². The lowest BCUT2D eigenvalue weighted by Crippen LogP contribution is -2.25. The summed E-state index contributed by atoms with van der Waals surface area (Å²) in [6, 6.07) is 7.39. The second-order valence-electron chi connectivity index (χ2n) is 7.07. The van der Waals surface area contributed by atoms with Gasteiger partial charge in [0.2, 0.25) is 5.28 Å². The fraction of sp³-hybridized carbons (Fsp3) is 0.450. The maximum atomic E-state index is 7.44. The largest absolute Gasteiger partial charge is 0.398 e. The monoisotopic (exact) mass is 386 g/mol. The number of nitrogens with zero attached hydrogens (tertiary/aromatic N) is 3. The molecule has 144 valence electrons. The maximum Gasteiger partial charge on any atom is 0.226 e. The summed E-state index contributed by atoms with van der Waals surface area (Å²) in [5.41, 5.74) is 7.90. The minimum absolute atomic E-state index is 0.229. The molecule has 4 N–H and O–H groups in total. The van der Waals surface area contributed by atoms with Crippen molar-refractivity contribution in [1.29, 1.82) is 5.41 Å². The van der Waals surface area contributed by atoms with Crippen LogP contribution >= 0.6 is 11.6 Å². The van der Waals surface area contributed by atoms with Gasteiger partial charge >= 0.3 is 0 Å². The predicted octanol–water partition coefficient (Wildman–Crippen LogP) is 4.86. The van der Waals surface area contributed by atoms with Crippen molar-refractivity contribution in [2.75, 3.05) is 29.0 Å². The number of hydrogen-bond acceptors (Lipinski definition) is 6. The zero-order chi connectivity index (χ0) is 19.2. The highest BCUT2D eigenvalue weighted by molar-refractivity contribution is 6.28. The van der Waals surface area contributed by atoms with Crippen LogP contribution in [0.25, 0.3) is 0 Å². The van der Waals surface area contributed by atoms with Crippen LogP contribution in [0.5, 0.6) is 0 Å². The van der Waals surface area contributed by atoms with Crippen LogP contribution in [0.4, 0.5) is 23.0 Å². The van der Waals surface area contributed by atoms with Gasteiger partial charge in [0.05, 0.1) is 0 Å². The summed E-state index contributed by atoms with van der Waals surface area (Å²) < 4.78 is 0. The highest BCUT2D eigenvalue weighted by Crippen LogP contribution is 2.27. The van der Waals surface area contributed by atoms with Crippen LogP contribution in [0, 0.1) is 11.3 Å². The summed E-state index contributed by atoms with van der Waals surface area (Å²) in [5.74, 6) is 2.31. The Labute approximate surface area is 165 Å². The Morgan fingerprint density at radius 3 is 2.93 bits per heavy atom. The van der Waals surface area contributed by atoms with Crippen LogP contribution in [0.3, 0.4) is 0 Å². The predicted molar refractivity (Wildman–Crippen MR) is 114 cm³/mol. The second-order valence-corrected chi connectivity index (χ2v) is 7.40. The van der Waals surface area contributed by atoms with E-state index in [1.807, 2.05) is 18.2 Å². The molecule has 7 heteroatoms. The van der Waals surface area contributed by atoms with E-state index in [1.165, 1.54) is 38.3 Å². The number of halogens is 1. The Bertz CT molecular complexity index is 794. The van der Waals surface area contributed by atoms with Gasteiger partial charge in [-0.3, -0.25) is 0 Å². The van der Waals surface area contributed by atoms with Gasteiger partial charge in [-0.05, 0) is 55.0 Å². The van der Waals surface area contributed by atoms with Crippen LogP contribution in [-0.4, -0.2) is 29.3 Å². The van der Waals surface area contributed by atoms with Crippen molar-refractivity contribution < 1.29 is 0 Å². The molecule has 1 aliphatic rings. The van der Waals surface area contributed by atoms with E-state index in [-0.39, 0.29) is 5.28 Å². The van der Waals surface area contributed by atoms with E-state index in [1.54, 1.807) is 6.07 Å². The maximum absolute atomic E-state index is 7.44. The molecule has 3 rings (SSSR count). The molecule has 1 aromatic carbocycles. The number of nitrogens with two attached hydrogens (primary N) is 1. The van der Waals surface area contributed by atoms with Gasteiger partial charge in [-0.2, -0.15) is 0 Å². The van der Waals surface area contributed by atoms with Crippen LogP contribution < -0.4 is 16.0 Å². The molecule has 0 bridgehead atoms. The Morgan fingerprint density at radius 2 is 2.15 bits per heavy atom. The number of nitrogen functional groups attached to an aromatic ring is 1. The zero-order valence-corrected chi connectivity index (χ0v) is 16.5. The van der Waals surface area contributed by atoms with Gasteiger partial charge in [0, 0.05) is 42.3 Å². The zero-order valence-electron chi connectivity index (χ0n) is 15.7. The number of benzene rings is 1. The summed E-state index contributed by atoms with van der Waals surface area (Å²) >= 11 is 6.19. The molecule has 2 heterocycles. The van der Waals surface area contributed by atoms with Gasteiger partial charge in [0.25, 0.3) is 0 Å². The topological polar surface area (TPSA) is 90.9 Å². The fourth-order valence-corrected chi connectivity index (χ4v) is 3.83. The molecule has 0 aliphatic carbocycles. The lowest BCUT2D eigenvalue weighted by Gasteiger charge is -2.22. The number of hydrogen-bond donors (Lipinski definition) is 3. The Balaban J connectivity index is 1.77. The van der Waals surface area contributed by atoms with E-state index in [9.17, 15) is 0 Å². The lowest BCUT2D eigenvalue weighted by atomic mass is 9.96. The molecule has 2 aromatic rings. The third kappa shape index (κ3) is 5.10. The first kappa shape index (κ1) is 19.4. The summed E-state index contributed by atoms with van der Waals surface area (Å²) in [6.07, 6.45) is 7.44. The number of rotatable bonds is 6. The second kappa shape index (κ2) is 9.04. The number of anilines is 4. The SMILES string of the molecule is CCCC1CCCN(c2cc(Nc3ccc(N)c(C=N)c3)nc(Cl)n2)CC1. The quantitative estimate of drug-likeness (QED) is 0.374. The first-order chi connectivity index (χ1) is 13.1. The Hall–Kier alpha value is -2.34. The highest BCUT2D eigenvalue weighted by atomic mass is 35.5. The Kier molecular flexibility index (Phi) is 6.50. The van der Waals surface area contributed by atoms with Gasteiger partial charge in [-0.15, -0.1) is 0 Å². The lowest BCUT2D eigenvalue weighted by molar-refractivity contribution is 0.435. The molecule has 1 fully saturated rings. The van der Waals surface area contributed by atoms with Crippen LogP contribution in [0.15, 0.2) is 24.3 Å². The molecule has 27 heavy (non-hydrogen) atoms. The molecule has 1 saturated heterocycles. The normalized spacial score (nSPS) is 17.4. The van der Waals surface area contributed by atoms with Gasteiger partial charge in [0.1, 0.15) is 11.6 Å². The molecule has 0 spiro atoms. The van der Waals surface area contributed by atoms with E-state index in [2.05, 4.69) is 27.1 Å². The van der Waals surface area contributed by atoms with Crippen molar-refractivity contribution in [3.63, 3.8) is 0 Å². The van der Waals surface area contributed by atoms with Gasteiger partial charge < -0.3 is 21.4 Å². The average Bonchev–Trinajstić information content (AvgIpc) is 2.89. The molecule has 1 aromatic heterocycles. The molecule has 0 radical (unpaired) electrons. The third-order valence-electron chi connectivity index (χ3n) is 5.07.